The molecule has 1 N–H and O–H groups in total. The number of hydrogen-bond acceptors (Lipinski definition) is 5. The summed E-state index contributed by atoms with van der Waals surface area (Å²) < 4.78 is 15.7. The van der Waals surface area contributed by atoms with Gasteiger partial charge < -0.3 is 19.2 Å². The van der Waals surface area contributed by atoms with Crippen molar-refractivity contribution in [2.75, 3.05) is 19.0 Å². The normalized spacial score (nSPS) is 10.6. The highest BCUT2D eigenvalue weighted by Crippen LogP contribution is 2.27. The summed E-state index contributed by atoms with van der Waals surface area (Å²) in [5.74, 6) is -0.261. The molecule has 0 bridgehead atoms. The van der Waals surface area contributed by atoms with Gasteiger partial charge in [-0.3, -0.25) is 4.79 Å². The van der Waals surface area contributed by atoms with Crippen molar-refractivity contribution < 1.29 is 23.5 Å². The van der Waals surface area contributed by atoms with Gasteiger partial charge in [0, 0.05) is 11.1 Å². The van der Waals surface area contributed by atoms with E-state index in [0.717, 1.165) is 0 Å². The number of nitrogens with one attached hydrogen (secondary N) is 1. The van der Waals surface area contributed by atoms with Gasteiger partial charge in [0.15, 0.2) is 11.3 Å². The molecular formula is C16H13BrClNO5. The number of carbonyl (C=O) groups is 2. The van der Waals surface area contributed by atoms with E-state index in [1.807, 2.05) is 0 Å². The molecule has 126 valence electrons. The number of anilines is 1. The molecule has 0 radical (unpaired) electrons. The van der Waals surface area contributed by atoms with Crippen LogP contribution in [0.15, 0.2) is 45.5 Å². The lowest BCUT2D eigenvalue weighted by atomic mass is 10.3. The molecule has 0 aliphatic carbocycles. The zero-order valence-corrected chi connectivity index (χ0v) is 14.9. The molecule has 0 aliphatic rings. The van der Waals surface area contributed by atoms with E-state index in [-0.39, 0.29) is 0 Å². The number of furan rings is 1. The third-order valence-electron chi connectivity index (χ3n) is 2.76. The highest BCUT2D eigenvalue weighted by atomic mass is 79.9. The summed E-state index contributed by atoms with van der Waals surface area (Å²) in [5, 5.41) is 3.00. The zero-order valence-electron chi connectivity index (χ0n) is 12.5. The lowest BCUT2D eigenvalue weighted by Crippen LogP contribution is -2.20. The minimum atomic E-state index is -0.671. The Morgan fingerprint density at radius 1 is 1.33 bits per heavy atom. The maximum atomic E-state index is 11.8. The Morgan fingerprint density at radius 3 is 2.79 bits per heavy atom. The van der Waals surface area contributed by atoms with Crippen LogP contribution in [-0.2, 0) is 14.3 Å². The van der Waals surface area contributed by atoms with Crippen LogP contribution >= 0.6 is 27.5 Å². The largest absolute Gasteiger partial charge is 0.495 e. The fraction of sp³-hybridized carbons (Fsp3) is 0.125. The molecule has 0 atom stereocenters. The van der Waals surface area contributed by atoms with E-state index in [1.54, 1.807) is 24.3 Å². The maximum absolute atomic E-state index is 11.8. The fourth-order valence-corrected chi connectivity index (χ4v) is 2.21. The van der Waals surface area contributed by atoms with Gasteiger partial charge in [0.2, 0.25) is 0 Å². The molecule has 2 aromatic rings. The summed E-state index contributed by atoms with van der Waals surface area (Å²) in [6, 6.07) is 8.15. The van der Waals surface area contributed by atoms with Gasteiger partial charge in [-0.15, -0.1) is 0 Å². The smallest absolute Gasteiger partial charge is 0.331 e. The van der Waals surface area contributed by atoms with Crippen LogP contribution in [0.3, 0.4) is 0 Å². The summed E-state index contributed by atoms with van der Waals surface area (Å²) in [4.78, 5) is 23.4. The van der Waals surface area contributed by atoms with Gasteiger partial charge in [-0.05, 0) is 52.3 Å². The number of ether oxygens (including phenoxy) is 2. The van der Waals surface area contributed by atoms with Crippen molar-refractivity contribution in [3.05, 3.63) is 51.9 Å². The summed E-state index contributed by atoms with van der Waals surface area (Å²) in [6.07, 6.45) is 2.60. The van der Waals surface area contributed by atoms with Crippen LogP contribution in [0.1, 0.15) is 5.76 Å². The molecule has 0 saturated heterocycles. The van der Waals surface area contributed by atoms with Crippen molar-refractivity contribution >= 4 is 51.2 Å². The molecule has 0 saturated carbocycles. The first-order valence-electron chi connectivity index (χ1n) is 6.71. The van der Waals surface area contributed by atoms with E-state index < -0.39 is 18.5 Å². The zero-order chi connectivity index (χ0) is 17.5. The average Bonchev–Trinajstić information content (AvgIpc) is 2.97. The van der Waals surface area contributed by atoms with Gasteiger partial charge in [0.05, 0.1) is 12.8 Å². The number of hydrogen-bond donors (Lipinski definition) is 1. The monoisotopic (exact) mass is 413 g/mol. The number of methoxy groups -OCH3 is 1. The number of carbonyl (C=O) groups excluding carboxylic acids is 2. The van der Waals surface area contributed by atoms with E-state index in [4.69, 9.17) is 25.5 Å². The first-order chi connectivity index (χ1) is 11.5. The predicted molar refractivity (Wildman–Crippen MR) is 93.0 cm³/mol. The average molecular weight is 415 g/mol. The molecule has 8 heteroatoms. The van der Waals surface area contributed by atoms with Gasteiger partial charge >= 0.3 is 5.97 Å². The second kappa shape index (κ2) is 8.56. The topological polar surface area (TPSA) is 77.8 Å². The molecule has 1 amide bonds. The van der Waals surface area contributed by atoms with Crippen LogP contribution in [0, 0.1) is 0 Å². The number of rotatable bonds is 6. The second-order valence-corrected chi connectivity index (χ2v) is 5.69. The second-order valence-electron chi connectivity index (χ2n) is 4.48. The van der Waals surface area contributed by atoms with Crippen LogP contribution in [0.5, 0.6) is 5.75 Å². The molecule has 2 rings (SSSR count). The van der Waals surface area contributed by atoms with Crippen LogP contribution in [0.25, 0.3) is 6.08 Å². The van der Waals surface area contributed by atoms with Crippen LogP contribution < -0.4 is 10.1 Å². The third kappa shape index (κ3) is 5.43. The molecule has 1 aromatic carbocycles. The molecule has 1 aromatic heterocycles. The summed E-state index contributed by atoms with van der Waals surface area (Å²) in [5.41, 5.74) is 0.391. The summed E-state index contributed by atoms with van der Waals surface area (Å²) in [7, 11) is 1.47. The van der Waals surface area contributed by atoms with Crippen molar-refractivity contribution in [3.8, 4) is 5.75 Å². The summed E-state index contributed by atoms with van der Waals surface area (Å²) >= 11 is 9.02. The number of amides is 1. The highest BCUT2D eigenvalue weighted by molar-refractivity contribution is 9.10. The molecule has 0 aliphatic heterocycles. The highest BCUT2D eigenvalue weighted by Gasteiger charge is 2.10. The van der Waals surface area contributed by atoms with E-state index in [9.17, 15) is 9.59 Å². The predicted octanol–water partition coefficient (Wildman–Crippen LogP) is 3.90. The molecular weight excluding hydrogens is 402 g/mol. The first-order valence-corrected chi connectivity index (χ1v) is 7.88. The van der Waals surface area contributed by atoms with Gasteiger partial charge in [0.1, 0.15) is 11.5 Å². The van der Waals surface area contributed by atoms with Crippen LogP contribution in [0.4, 0.5) is 5.69 Å². The molecule has 0 spiro atoms. The Hall–Kier alpha value is -2.25. The minimum Gasteiger partial charge on any atom is -0.495 e. The standard InChI is InChI=1S/C16H13BrClNO5/c1-22-13-5-2-10(18)8-12(13)19-15(20)9-23-16(21)7-4-11-3-6-14(17)24-11/h2-8H,9H2,1H3,(H,19,20)/b7-4+. The van der Waals surface area contributed by atoms with Gasteiger partial charge in [0.25, 0.3) is 5.91 Å². The van der Waals surface area contributed by atoms with E-state index in [0.29, 0.717) is 26.9 Å². The summed E-state index contributed by atoms with van der Waals surface area (Å²) in [6.45, 7) is -0.444. The SMILES string of the molecule is COc1ccc(Cl)cc1NC(=O)COC(=O)/C=C/c1ccc(Br)o1. The number of halogens is 2. The Bertz CT molecular complexity index is 772. The lowest BCUT2D eigenvalue weighted by Gasteiger charge is -2.10. The Labute approximate surface area is 151 Å². The van der Waals surface area contributed by atoms with Gasteiger partial charge in [-0.1, -0.05) is 11.6 Å². The van der Waals surface area contributed by atoms with Crippen molar-refractivity contribution in [1.82, 2.24) is 0 Å². The number of benzene rings is 1. The maximum Gasteiger partial charge on any atom is 0.331 e. The van der Waals surface area contributed by atoms with Crippen molar-refractivity contribution in [2.24, 2.45) is 0 Å². The lowest BCUT2D eigenvalue weighted by molar-refractivity contribution is -0.142. The van der Waals surface area contributed by atoms with Crippen LogP contribution in [0.2, 0.25) is 5.02 Å². The van der Waals surface area contributed by atoms with Crippen LogP contribution in [-0.4, -0.2) is 25.6 Å². The first kappa shape index (κ1) is 18.1. The third-order valence-corrected chi connectivity index (χ3v) is 3.42. The van der Waals surface area contributed by atoms with E-state index in [1.165, 1.54) is 25.3 Å². The van der Waals surface area contributed by atoms with Gasteiger partial charge in [-0.25, -0.2) is 4.79 Å². The Balaban J connectivity index is 1.85. The van der Waals surface area contributed by atoms with E-state index >= 15 is 0 Å². The van der Waals surface area contributed by atoms with Crippen molar-refractivity contribution in [1.29, 1.82) is 0 Å². The van der Waals surface area contributed by atoms with E-state index in [2.05, 4.69) is 21.2 Å². The molecule has 0 unspecified atom stereocenters. The Morgan fingerprint density at radius 2 is 2.12 bits per heavy atom. The van der Waals surface area contributed by atoms with Crippen molar-refractivity contribution in [3.63, 3.8) is 0 Å². The minimum absolute atomic E-state index is 0.391. The fourth-order valence-electron chi connectivity index (χ4n) is 1.72. The van der Waals surface area contributed by atoms with Gasteiger partial charge in [-0.2, -0.15) is 0 Å². The Kier molecular flexibility index (Phi) is 6.45. The molecule has 24 heavy (non-hydrogen) atoms. The molecule has 1 heterocycles. The number of esters is 1. The molecule has 0 fully saturated rings. The molecule has 6 nitrogen and oxygen atoms in total. The quantitative estimate of drug-likeness (QED) is 0.573. The van der Waals surface area contributed by atoms with Crippen molar-refractivity contribution in [2.45, 2.75) is 0 Å².